The first-order chi connectivity index (χ1) is 12.1. The lowest BCUT2D eigenvalue weighted by molar-refractivity contribution is -0.127. The van der Waals surface area contributed by atoms with Crippen LogP contribution in [0.4, 0.5) is 13.2 Å². The van der Waals surface area contributed by atoms with Crippen molar-refractivity contribution >= 4 is 29.1 Å². The molecule has 0 aromatic heterocycles. The van der Waals surface area contributed by atoms with E-state index in [1.807, 2.05) is 6.92 Å². The summed E-state index contributed by atoms with van der Waals surface area (Å²) in [5.74, 6) is -4.59. The standard InChI is InChI=1S/C19H22Cl2F3NO/c1-18(7-2-3-8-18)16(14-13(22)5-4-12(20)15(14)21)25-17(26)11-6-9-19(23,24)10-11/h4-5,11,16H,2-3,6-10H2,1H3,(H,25,26)/t11-,16?/m0/s1. The molecule has 1 aromatic carbocycles. The van der Waals surface area contributed by atoms with E-state index >= 15 is 0 Å². The fourth-order valence-corrected chi connectivity index (χ4v) is 4.73. The molecule has 0 spiro atoms. The number of carbonyl (C=O) groups excluding carboxylic acids is 1. The zero-order valence-corrected chi connectivity index (χ0v) is 16.1. The fraction of sp³-hybridized carbons (Fsp3) is 0.632. The maximum absolute atomic E-state index is 14.6. The largest absolute Gasteiger partial charge is 0.348 e. The topological polar surface area (TPSA) is 29.1 Å². The van der Waals surface area contributed by atoms with Gasteiger partial charge in [0.05, 0.1) is 16.1 Å². The fourth-order valence-electron chi connectivity index (χ4n) is 4.31. The summed E-state index contributed by atoms with van der Waals surface area (Å²) in [6, 6.07) is 1.90. The van der Waals surface area contributed by atoms with Gasteiger partial charge in [0.25, 0.3) is 0 Å². The summed E-state index contributed by atoms with van der Waals surface area (Å²) >= 11 is 12.4. The third-order valence-corrected chi connectivity index (χ3v) is 6.69. The van der Waals surface area contributed by atoms with E-state index < -0.39 is 41.4 Å². The molecule has 3 rings (SSSR count). The number of amides is 1. The van der Waals surface area contributed by atoms with Gasteiger partial charge < -0.3 is 5.32 Å². The molecule has 1 N–H and O–H groups in total. The minimum Gasteiger partial charge on any atom is -0.348 e. The second kappa shape index (κ2) is 7.23. The van der Waals surface area contributed by atoms with Crippen molar-refractivity contribution in [2.24, 2.45) is 11.3 Å². The highest BCUT2D eigenvalue weighted by molar-refractivity contribution is 6.42. The minimum atomic E-state index is -2.81. The van der Waals surface area contributed by atoms with Crippen LogP contribution in [0.3, 0.4) is 0 Å². The molecule has 7 heteroatoms. The van der Waals surface area contributed by atoms with Gasteiger partial charge in [-0.25, -0.2) is 13.2 Å². The SMILES string of the molecule is CC1(C(NC(=O)[C@H]2CCC(F)(F)C2)c2c(F)ccc(Cl)c2Cl)CCCC1. The molecule has 2 aliphatic rings. The Morgan fingerprint density at radius 3 is 2.46 bits per heavy atom. The van der Waals surface area contributed by atoms with Gasteiger partial charge in [-0.1, -0.05) is 43.0 Å². The molecule has 0 aliphatic heterocycles. The van der Waals surface area contributed by atoms with Crippen LogP contribution in [0.2, 0.25) is 10.0 Å². The summed E-state index contributed by atoms with van der Waals surface area (Å²) in [7, 11) is 0. The summed E-state index contributed by atoms with van der Waals surface area (Å²) in [4.78, 5) is 12.7. The predicted molar refractivity (Wildman–Crippen MR) is 96.2 cm³/mol. The van der Waals surface area contributed by atoms with Crippen molar-refractivity contribution in [1.29, 1.82) is 0 Å². The lowest BCUT2D eigenvalue weighted by Crippen LogP contribution is -2.41. The molecule has 0 saturated heterocycles. The summed E-state index contributed by atoms with van der Waals surface area (Å²) in [6.07, 6.45) is 2.89. The molecule has 2 nitrogen and oxygen atoms in total. The molecule has 2 fully saturated rings. The van der Waals surface area contributed by atoms with Gasteiger partial charge in [-0.15, -0.1) is 0 Å². The molecular weight excluding hydrogens is 386 g/mol. The highest BCUT2D eigenvalue weighted by atomic mass is 35.5. The smallest absolute Gasteiger partial charge is 0.248 e. The van der Waals surface area contributed by atoms with Gasteiger partial charge in [0.15, 0.2) is 0 Å². The quantitative estimate of drug-likeness (QED) is 0.582. The Kier molecular flexibility index (Phi) is 5.51. The molecule has 2 saturated carbocycles. The maximum Gasteiger partial charge on any atom is 0.248 e. The number of carbonyl (C=O) groups is 1. The lowest BCUT2D eigenvalue weighted by atomic mass is 9.76. The first kappa shape index (κ1) is 19.8. The molecule has 2 atom stereocenters. The van der Waals surface area contributed by atoms with Crippen LogP contribution in [0.5, 0.6) is 0 Å². The summed E-state index contributed by atoms with van der Waals surface area (Å²) in [5.41, 5.74) is -0.243. The van der Waals surface area contributed by atoms with Gasteiger partial charge in [0, 0.05) is 24.3 Å². The number of rotatable bonds is 4. The van der Waals surface area contributed by atoms with E-state index in [4.69, 9.17) is 23.2 Å². The highest BCUT2D eigenvalue weighted by Crippen LogP contribution is 2.50. The van der Waals surface area contributed by atoms with E-state index in [-0.39, 0.29) is 28.5 Å². The Hall–Kier alpha value is -0.940. The normalized spacial score (nSPS) is 25.2. The van der Waals surface area contributed by atoms with E-state index in [1.54, 1.807) is 0 Å². The molecule has 0 bridgehead atoms. The van der Waals surface area contributed by atoms with Gasteiger partial charge in [-0.3, -0.25) is 4.79 Å². The van der Waals surface area contributed by atoms with E-state index in [0.29, 0.717) is 0 Å². The average Bonchev–Trinajstić information content (AvgIpc) is 3.16. The number of hydrogen-bond acceptors (Lipinski definition) is 1. The minimum absolute atomic E-state index is 0.0712. The van der Waals surface area contributed by atoms with Gasteiger partial charge >= 0.3 is 0 Å². The Bertz CT molecular complexity index is 704. The number of nitrogens with one attached hydrogen (secondary N) is 1. The maximum atomic E-state index is 14.6. The van der Waals surface area contributed by atoms with Crippen LogP contribution in [0.1, 0.15) is 63.5 Å². The van der Waals surface area contributed by atoms with Crippen LogP contribution < -0.4 is 5.32 Å². The van der Waals surface area contributed by atoms with Crippen LogP contribution in [-0.4, -0.2) is 11.8 Å². The van der Waals surface area contributed by atoms with E-state index in [1.165, 1.54) is 12.1 Å². The molecular formula is C19H22Cl2F3NO. The van der Waals surface area contributed by atoms with Gasteiger partial charge in [0.1, 0.15) is 5.82 Å². The van der Waals surface area contributed by atoms with Crippen molar-refractivity contribution in [2.75, 3.05) is 0 Å². The molecule has 1 aromatic rings. The number of hydrogen-bond donors (Lipinski definition) is 1. The van der Waals surface area contributed by atoms with Crippen molar-refractivity contribution in [3.63, 3.8) is 0 Å². The van der Waals surface area contributed by atoms with Crippen LogP contribution in [0.15, 0.2) is 12.1 Å². The van der Waals surface area contributed by atoms with Crippen LogP contribution in [0.25, 0.3) is 0 Å². The summed E-state index contributed by atoms with van der Waals surface area (Å²) in [6.45, 7) is 1.98. The van der Waals surface area contributed by atoms with E-state index in [2.05, 4.69) is 5.32 Å². The predicted octanol–water partition coefficient (Wildman–Crippen LogP) is 6.31. The van der Waals surface area contributed by atoms with Gasteiger partial charge in [-0.05, 0) is 36.8 Å². The van der Waals surface area contributed by atoms with Crippen LogP contribution in [-0.2, 0) is 4.79 Å². The third-order valence-electron chi connectivity index (χ3n) is 5.87. The van der Waals surface area contributed by atoms with Gasteiger partial charge in [0.2, 0.25) is 11.8 Å². The molecule has 144 valence electrons. The first-order valence-electron chi connectivity index (χ1n) is 8.95. The average molecular weight is 408 g/mol. The Labute approximate surface area is 161 Å². The molecule has 0 heterocycles. The number of benzene rings is 1. The van der Waals surface area contributed by atoms with E-state index in [9.17, 15) is 18.0 Å². The Morgan fingerprint density at radius 2 is 1.88 bits per heavy atom. The molecule has 1 unspecified atom stereocenters. The van der Waals surface area contributed by atoms with Crippen molar-refractivity contribution in [3.05, 3.63) is 33.6 Å². The molecule has 26 heavy (non-hydrogen) atoms. The summed E-state index contributed by atoms with van der Waals surface area (Å²) in [5, 5.41) is 3.13. The first-order valence-corrected chi connectivity index (χ1v) is 9.70. The van der Waals surface area contributed by atoms with Crippen molar-refractivity contribution in [2.45, 2.75) is 63.8 Å². The monoisotopic (exact) mass is 407 g/mol. The third kappa shape index (κ3) is 3.84. The second-order valence-electron chi connectivity index (χ2n) is 7.86. The molecule has 2 aliphatic carbocycles. The Morgan fingerprint density at radius 1 is 1.23 bits per heavy atom. The zero-order chi connectivity index (χ0) is 19.1. The van der Waals surface area contributed by atoms with Crippen molar-refractivity contribution in [3.8, 4) is 0 Å². The van der Waals surface area contributed by atoms with Crippen molar-refractivity contribution < 1.29 is 18.0 Å². The van der Waals surface area contributed by atoms with Gasteiger partial charge in [-0.2, -0.15) is 0 Å². The molecule has 1 amide bonds. The summed E-state index contributed by atoms with van der Waals surface area (Å²) < 4.78 is 41.6. The Balaban J connectivity index is 1.93. The van der Waals surface area contributed by atoms with Crippen LogP contribution >= 0.6 is 23.2 Å². The number of halogens is 5. The number of alkyl halides is 2. The van der Waals surface area contributed by atoms with E-state index in [0.717, 1.165) is 25.7 Å². The lowest BCUT2D eigenvalue weighted by Gasteiger charge is -2.36. The second-order valence-corrected chi connectivity index (χ2v) is 8.64. The highest BCUT2D eigenvalue weighted by Gasteiger charge is 2.46. The molecule has 0 radical (unpaired) electrons. The van der Waals surface area contributed by atoms with Crippen molar-refractivity contribution in [1.82, 2.24) is 5.32 Å². The zero-order valence-electron chi connectivity index (χ0n) is 14.6. The van der Waals surface area contributed by atoms with Crippen LogP contribution in [0, 0.1) is 17.2 Å².